The first-order chi connectivity index (χ1) is 8.99. The minimum absolute atomic E-state index is 0.00729. The van der Waals surface area contributed by atoms with Crippen LogP contribution in [0.3, 0.4) is 0 Å². The van der Waals surface area contributed by atoms with E-state index in [-0.39, 0.29) is 25.2 Å². The Labute approximate surface area is 112 Å². The summed E-state index contributed by atoms with van der Waals surface area (Å²) in [5, 5.41) is 8.95. The number of carboxylic acid groups (broad SMARTS) is 1. The number of carbonyl (C=O) groups is 1. The highest BCUT2D eigenvalue weighted by Gasteiger charge is 2.25. The maximum Gasteiger partial charge on any atom is 0.303 e. The fourth-order valence-electron chi connectivity index (χ4n) is 2.62. The van der Waals surface area contributed by atoms with Crippen molar-refractivity contribution in [2.45, 2.75) is 19.4 Å². The molecule has 0 saturated heterocycles. The molecular weight excluding hydrogens is 246 g/mol. The van der Waals surface area contributed by atoms with Crippen molar-refractivity contribution < 1.29 is 19.4 Å². The second kappa shape index (κ2) is 5.48. The van der Waals surface area contributed by atoms with Crippen LogP contribution >= 0.6 is 0 Å². The Kier molecular flexibility index (Phi) is 3.95. The first-order valence-electron chi connectivity index (χ1n) is 6.27. The lowest BCUT2D eigenvalue weighted by Gasteiger charge is -2.30. The predicted molar refractivity (Wildman–Crippen MR) is 70.4 cm³/mol. The van der Waals surface area contributed by atoms with E-state index in [9.17, 15) is 4.79 Å². The van der Waals surface area contributed by atoms with Gasteiger partial charge in [0.25, 0.3) is 0 Å². The Bertz CT molecular complexity index is 473. The van der Waals surface area contributed by atoms with Gasteiger partial charge in [0, 0.05) is 12.5 Å². The summed E-state index contributed by atoms with van der Waals surface area (Å²) in [5.41, 5.74) is 1.04. The van der Waals surface area contributed by atoms with E-state index in [2.05, 4.69) is 0 Å². The molecule has 1 aromatic rings. The van der Waals surface area contributed by atoms with E-state index in [0.717, 1.165) is 17.1 Å². The van der Waals surface area contributed by atoms with Crippen LogP contribution in [0.4, 0.5) is 0 Å². The number of benzene rings is 1. The Balaban J connectivity index is 2.26. The standard InChI is InChI=1S/C14H19NO4/c1-9(6-13(16)17)14(15(2)3)10-4-5-11-12(7-10)19-8-18-11/h4-5,7,9,14H,6,8H2,1-3H3,(H,16,17). The third kappa shape index (κ3) is 2.98. The number of ether oxygens (including phenoxy) is 2. The van der Waals surface area contributed by atoms with E-state index in [1.54, 1.807) is 0 Å². The maximum absolute atomic E-state index is 10.9. The van der Waals surface area contributed by atoms with Crippen molar-refractivity contribution in [3.63, 3.8) is 0 Å². The number of hydrogen-bond donors (Lipinski definition) is 1. The van der Waals surface area contributed by atoms with Crippen LogP contribution in [0.5, 0.6) is 11.5 Å². The zero-order valence-electron chi connectivity index (χ0n) is 11.4. The van der Waals surface area contributed by atoms with Gasteiger partial charge in [0.15, 0.2) is 11.5 Å². The Hall–Kier alpha value is -1.75. The van der Waals surface area contributed by atoms with Gasteiger partial charge in [-0.2, -0.15) is 0 Å². The number of rotatable bonds is 5. The summed E-state index contributed by atoms with van der Waals surface area (Å²) in [5.74, 6) is 0.701. The summed E-state index contributed by atoms with van der Waals surface area (Å²) in [7, 11) is 3.90. The molecule has 104 valence electrons. The molecule has 2 atom stereocenters. The number of hydrogen-bond acceptors (Lipinski definition) is 4. The van der Waals surface area contributed by atoms with E-state index in [4.69, 9.17) is 14.6 Å². The third-order valence-electron chi connectivity index (χ3n) is 3.33. The SMILES string of the molecule is CC(CC(=O)O)C(c1ccc2c(c1)OCO2)N(C)C. The van der Waals surface area contributed by atoms with Gasteiger partial charge in [0.1, 0.15) is 0 Å². The smallest absolute Gasteiger partial charge is 0.303 e. The average Bonchev–Trinajstić information content (AvgIpc) is 2.74. The van der Waals surface area contributed by atoms with Crippen molar-refractivity contribution in [1.29, 1.82) is 0 Å². The van der Waals surface area contributed by atoms with Crippen LogP contribution in [0.2, 0.25) is 0 Å². The highest BCUT2D eigenvalue weighted by Crippen LogP contribution is 2.37. The molecule has 2 rings (SSSR count). The molecule has 0 bridgehead atoms. The molecule has 0 aromatic heterocycles. The Morgan fingerprint density at radius 3 is 2.68 bits per heavy atom. The molecule has 5 heteroatoms. The van der Waals surface area contributed by atoms with Gasteiger partial charge < -0.3 is 19.5 Å². The van der Waals surface area contributed by atoms with Crippen molar-refractivity contribution >= 4 is 5.97 Å². The fraction of sp³-hybridized carbons (Fsp3) is 0.500. The molecule has 1 N–H and O–H groups in total. The fourth-order valence-corrected chi connectivity index (χ4v) is 2.62. The Morgan fingerprint density at radius 1 is 1.37 bits per heavy atom. The van der Waals surface area contributed by atoms with E-state index in [0.29, 0.717) is 0 Å². The lowest BCUT2D eigenvalue weighted by Crippen LogP contribution is -2.27. The summed E-state index contributed by atoms with van der Waals surface area (Å²) in [6.45, 7) is 2.19. The molecule has 1 aliphatic heterocycles. The number of carboxylic acids is 1. The molecule has 0 amide bonds. The van der Waals surface area contributed by atoms with Gasteiger partial charge in [0.2, 0.25) is 6.79 Å². The van der Waals surface area contributed by atoms with E-state index >= 15 is 0 Å². The molecule has 0 fully saturated rings. The number of aliphatic carboxylic acids is 1. The quantitative estimate of drug-likeness (QED) is 0.883. The largest absolute Gasteiger partial charge is 0.481 e. The topological polar surface area (TPSA) is 59.0 Å². The van der Waals surface area contributed by atoms with E-state index < -0.39 is 5.97 Å². The summed E-state index contributed by atoms with van der Waals surface area (Å²) >= 11 is 0. The van der Waals surface area contributed by atoms with E-state index in [1.807, 2.05) is 44.1 Å². The second-order valence-corrected chi connectivity index (χ2v) is 5.10. The molecule has 1 aromatic carbocycles. The molecular formula is C14H19NO4. The van der Waals surface area contributed by atoms with Crippen molar-refractivity contribution in [3.8, 4) is 11.5 Å². The molecule has 0 aliphatic carbocycles. The predicted octanol–water partition coefficient (Wildman–Crippen LogP) is 2.13. The molecule has 0 saturated carbocycles. The zero-order valence-corrected chi connectivity index (χ0v) is 11.4. The Morgan fingerprint density at radius 2 is 2.05 bits per heavy atom. The highest BCUT2D eigenvalue weighted by atomic mass is 16.7. The number of fused-ring (bicyclic) bond motifs is 1. The molecule has 0 spiro atoms. The molecule has 1 aliphatic rings. The number of nitrogens with zero attached hydrogens (tertiary/aromatic N) is 1. The minimum atomic E-state index is -0.778. The third-order valence-corrected chi connectivity index (χ3v) is 3.33. The van der Waals surface area contributed by atoms with Crippen LogP contribution in [0.25, 0.3) is 0 Å². The average molecular weight is 265 g/mol. The van der Waals surface area contributed by atoms with Crippen LogP contribution in [0.1, 0.15) is 24.9 Å². The van der Waals surface area contributed by atoms with Crippen molar-refractivity contribution in [2.75, 3.05) is 20.9 Å². The normalized spacial score (nSPS) is 16.4. The van der Waals surface area contributed by atoms with Gasteiger partial charge in [0.05, 0.1) is 0 Å². The summed E-state index contributed by atoms with van der Waals surface area (Å²) in [4.78, 5) is 12.9. The zero-order chi connectivity index (χ0) is 14.0. The van der Waals surface area contributed by atoms with E-state index in [1.165, 1.54) is 0 Å². The summed E-state index contributed by atoms with van der Waals surface area (Å²) in [6.07, 6.45) is 0.136. The first-order valence-corrected chi connectivity index (χ1v) is 6.27. The van der Waals surface area contributed by atoms with Crippen LogP contribution < -0.4 is 9.47 Å². The van der Waals surface area contributed by atoms with Crippen LogP contribution in [-0.2, 0) is 4.79 Å². The monoisotopic (exact) mass is 265 g/mol. The van der Waals surface area contributed by atoms with Gasteiger partial charge in [-0.25, -0.2) is 0 Å². The van der Waals surface area contributed by atoms with Gasteiger partial charge in [-0.3, -0.25) is 4.79 Å². The lowest BCUT2D eigenvalue weighted by atomic mass is 9.91. The molecule has 19 heavy (non-hydrogen) atoms. The van der Waals surface area contributed by atoms with Gasteiger partial charge >= 0.3 is 5.97 Å². The van der Waals surface area contributed by atoms with Crippen LogP contribution in [0, 0.1) is 5.92 Å². The molecule has 2 unspecified atom stereocenters. The van der Waals surface area contributed by atoms with Crippen molar-refractivity contribution in [3.05, 3.63) is 23.8 Å². The molecule has 1 heterocycles. The van der Waals surface area contributed by atoms with Crippen LogP contribution in [-0.4, -0.2) is 36.9 Å². The van der Waals surface area contributed by atoms with Gasteiger partial charge in [-0.15, -0.1) is 0 Å². The highest BCUT2D eigenvalue weighted by molar-refractivity contribution is 5.67. The lowest BCUT2D eigenvalue weighted by molar-refractivity contribution is -0.138. The first kappa shape index (κ1) is 13.7. The maximum atomic E-state index is 10.9. The van der Waals surface area contributed by atoms with Crippen molar-refractivity contribution in [2.24, 2.45) is 5.92 Å². The van der Waals surface area contributed by atoms with Gasteiger partial charge in [-0.05, 0) is 37.7 Å². The van der Waals surface area contributed by atoms with Crippen molar-refractivity contribution in [1.82, 2.24) is 4.90 Å². The molecule has 0 radical (unpaired) electrons. The molecule has 5 nitrogen and oxygen atoms in total. The summed E-state index contributed by atoms with van der Waals surface area (Å²) in [6, 6.07) is 5.81. The summed E-state index contributed by atoms with van der Waals surface area (Å²) < 4.78 is 10.7. The minimum Gasteiger partial charge on any atom is -0.481 e. The van der Waals surface area contributed by atoms with Crippen LogP contribution in [0.15, 0.2) is 18.2 Å². The van der Waals surface area contributed by atoms with Gasteiger partial charge in [-0.1, -0.05) is 13.0 Å². The second-order valence-electron chi connectivity index (χ2n) is 5.10.